The minimum absolute atomic E-state index is 0.0602. The Morgan fingerprint density at radius 2 is 1.96 bits per heavy atom. The van der Waals surface area contributed by atoms with Gasteiger partial charge < -0.3 is 19.5 Å². The molecule has 1 aromatic carbocycles. The van der Waals surface area contributed by atoms with Gasteiger partial charge in [0.15, 0.2) is 18.1 Å². The van der Waals surface area contributed by atoms with Gasteiger partial charge in [0.05, 0.1) is 25.2 Å². The predicted molar refractivity (Wildman–Crippen MR) is 88.5 cm³/mol. The molecule has 0 saturated carbocycles. The van der Waals surface area contributed by atoms with Crippen LogP contribution in [-0.4, -0.2) is 43.7 Å². The number of benzene rings is 1. The van der Waals surface area contributed by atoms with Crippen molar-refractivity contribution in [3.63, 3.8) is 0 Å². The van der Waals surface area contributed by atoms with Crippen LogP contribution < -0.4 is 14.8 Å². The number of methoxy groups -OCH3 is 2. The number of non-ortho nitro benzene ring substituents is 1. The van der Waals surface area contributed by atoms with Crippen molar-refractivity contribution >= 4 is 17.6 Å². The van der Waals surface area contributed by atoms with Gasteiger partial charge >= 0.3 is 5.97 Å². The minimum Gasteiger partial charge on any atom is -0.493 e. The van der Waals surface area contributed by atoms with E-state index >= 15 is 0 Å². The van der Waals surface area contributed by atoms with E-state index in [4.69, 9.17) is 9.47 Å². The summed E-state index contributed by atoms with van der Waals surface area (Å²) in [4.78, 5) is 34.1. The molecule has 0 bridgehead atoms. The first kappa shape index (κ1) is 20.2. The second kappa shape index (κ2) is 9.45. The highest BCUT2D eigenvalue weighted by Gasteiger charge is 2.27. The SMILES string of the molecule is CC[C@@H](C)[C@H](NC(=O)COc1cc([N+](=O)[O-])ccc1OC)C(=O)OC. The van der Waals surface area contributed by atoms with Crippen molar-refractivity contribution in [2.75, 3.05) is 20.8 Å². The van der Waals surface area contributed by atoms with Crippen LogP contribution in [0.1, 0.15) is 20.3 Å². The van der Waals surface area contributed by atoms with Crippen LogP contribution in [0.3, 0.4) is 0 Å². The highest BCUT2D eigenvalue weighted by Crippen LogP contribution is 2.31. The van der Waals surface area contributed by atoms with Crippen LogP contribution in [0.25, 0.3) is 0 Å². The average molecular weight is 354 g/mol. The monoisotopic (exact) mass is 354 g/mol. The van der Waals surface area contributed by atoms with Gasteiger partial charge in [-0.1, -0.05) is 20.3 Å². The van der Waals surface area contributed by atoms with Crippen LogP contribution in [0.5, 0.6) is 11.5 Å². The topological polar surface area (TPSA) is 117 Å². The van der Waals surface area contributed by atoms with Gasteiger partial charge in [0.2, 0.25) is 0 Å². The van der Waals surface area contributed by atoms with E-state index in [-0.39, 0.29) is 23.1 Å². The lowest BCUT2D eigenvalue weighted by molar-refractivity contribution is -0.385. The van der Waals surface area contributed by atoms with Gasteiger partial charge in [0.1, 0.15) is 6.04 Å². The van der Waals surface area contributed by atoms with E-state index in [1.54, 1.807) is 0 Å². The molecule has 0 aromatic heterocycles. The standard InChI is InChI=1S/C16H22N2O7/c1-5-10(2)15(16(20)24-4)17-14(19)9-25-13-8-11(18(21)22)6-7-12(13)23-3/h6-8,10,15H,5,9H2,1-4H3,(H,17,19)/t10-,15+/m1/s1. The number of amides is 1. The van der Waals surface area contributed by atoms with Gasteiger partial charge in [-0.15, -0.1) is 0 Å². The third kappa shape index (κ3) is 5.63. The van der Waals surface area contributed by atoms with Crippen molar-refractivity contribution < 1.29 is 28.7 Å². The summed E-state index contributed by atoms with van der Waals surface area (Å²) in [6, 6.07) is 3.01. The normalized spacial score (nSPS) is 12.6. The molecule has 0 spiro atoms. The molecule has 0 heterocycles. The van der Waals surface area contributed by atoms with Crippen molar-refractivity contribution in [2.24, 2.45) is 5.92 Å². The van der Waals surface area contributed by atoms with Crippen LogP contribution in [0, 0.1) is 16.0 Å². The molecule has 0 aliphatic heterocycles. The number of carbonyl (C=O) groups is 2. The Morgan fingerprint density at radius 3 is 2.48 bits per heavy atom. The molecule has 1 rings (SSSR count). The van der Waals surface area contributed by atoms with Gasteiger partial charge in [-0.2, -0.15) is 0 Å². The maximum absolute atomic E-state index is 12.1. The fraction of sp³-hybridized carbons (Fsp3) is 0.500. The van der Waals surface area contributed by atoms with Gasteiger partial charge in [-0.25, -0.2) is 4.79 Å². The molecule has 0 saturated heterocycles. The van der Waals surface area contributed by atoms with Crippen LogP contribution in [0.15, 0.2) is 18.2 Å². The lowest BCUT2D eigenvalue weighted by Gasteiger charge is -2.21. The lowest BCUT2D eigenvalue weighted by Crippen LogP contribution is -2.47. The van der Waals surface area contributed by atoms with Crippen molar-refractivity contribution in [3.8, 4) is 11.5 Å². The second-order valence-electron chi connectivity index (χ2n) is 5.33. The number of nitro benzene ring substituents is 1. The summed E-state index contributed by atoms with van der Waals surface area (Å²) in [5, 5.41) is 13.4. The summed E-state index contributed by atoms with van der Waals surface area (Å²) < 4.78 is 15.1. The minimum atomic E-state index is -0.793. The first-order chi connectivity index (χ1) is 11.8. The number of hydrogen-bond acceptors (Lipinski definition) is 7. The van der Waals surface area contributed by atoms with Crippen LogP contribution >= 0.6 is 0 Å². The average Bonchev–Trinajstić information content (AvgIpc) is 2.62. The Labute approximate surface area is 145 Å². The van der Waals surface area contributed by atoms with E-state index in [2.05, 4.69) is 10.1 Å². The van der Waals surface area contributed by atoms with E-state index in [0.29, 0.717) is 6.42 Å². The van der Waals surface area contributed by atoms with Gasteiger partial charge in [-0.3, -0.25) is 14.9 Å². The molecule has 0 aliphatic carbocycles. The predicted octanol–water partition coefficient (Wildman–Crippen LogP) is 1.69. The van der Waals surface area contributed by atoms with Crippen molar-refractivity contribution in [3.05, 3.63) is 28.3 Å². The first-order valence-electron chi connectivity index (χ1n) is 7.66. The van der Waals surface area contributed by atoms with E-state index < -0.39 is 29.4 Å². The molecule has 0 fully saturated rings. The Morgan fingerprint density at radius 1 is 1.28 bits per heavy atom. The smallest absolute Gasteiger partial charge is 0.328 e. The number of carbonyl (C=O) groups excluding carboxylic acids is 2. The molecule has 1 N–H and O–H groups in total. The maximum atomic E-state index is 12.1. The molecular formula is C16H22N2O7. The van der Waals surface area contributed by atoms with Gasteiger partial charge in [0.25, 0.3) is 11.6 Å². The summed E-state index contributed by atoms with van der Waals surface area (Å²) >= 11 is 0. The Bertz CT molecular complexity index is 633. The number of nitro groups is 1. The zero-order chi connectivity index (χ0) is 19.0. The van der Waals surface area contributed by atoms with Crippen LogP contribution in [0.2, 0.25) is 0 Å². The van der Waals surface area contributed by atoms with Gasteiger partial charge in [-0.05, 0) is 12.0 Å². The Kier molecular flexibility index (Phi) is 7.64. The van der Waals surface area contributed by atoms with Crippen LogP contribution in [-0.2, 0) is 14.3 Å². The zero-order valence-electron chi connectivity index (χ0n) is 14.6. The number of hydrogen-bond donors (Lipinski definition) is 1. The third-order valence-electron chi connectivity index (χ3n) is 3.70. The van der Waals surface area contributed by atoms with E-state index in [9.17, 15) is 19.7 Å². The fourth-order valence-corrected chi connectivity index (χ4v) is 2.05. The third-order valence-corrected chi connectivity index (χ3v) is 3.70. The van der Waals surface area contributed by atoms with Crippen LogP contribution in [0.4, 0.5) is 5.69 Å². The molecule has 0 radical (unpaired) electrons. The molecule has 25 heavy (non-hydrogen) atoms. The van der Waals surface area contributed by atoms with E-state index in [0.717, 1.165) is 0 Å². The van der Waals surface area contributed by atoms with Crippen molar-refractivity contribution in [1.29, 1.82) is 0 Å². The largest absolute Gasteiger partial charge is 0.493 e. The molecule has 9 nitrogen and oxygen atoms in total. The summed E-state index contributed by atoms with van der Waals surface area (Å²) in [6.45, 7) is 3.27. The summed E-state index contributed by atoms with van der Waals surface area (Å²) in [5.41, 5.74) is -0.191. The molecule has 9 heteroatoms. The number of esters is 1. The summed E-state index contributed by atoms with van der Waals surface area (Å²) in [6.07, 6.45) is 0.666. The number of ether oxygens (including phenoxy) is 3. The molecule has 2 atom stereocenters. The Balaban J connectivity index is 2.79. The number of rotatable bonds is 9. The molecular weight excluding hydrogens is 332 g/mol. The highest BCUT2D eigenvalue weighted by molar-refractivity contribution is 5.85. The summed E-state index contributed by atoms with van der Waals surface area (Å²) in [7, 11) is 2.62. The number of nitrogens with one attached hydrogen (secondary N) is 1. The van der Waals surface area contributed by atoms with Crippen molar-refractivity contribution in [1.82, 2.24) is 5.32 Å². The number of nitrogens with zero attached hydrogens (tertiary/aromatic N) is 1. The molecule has 0 aliphatic rings. The lowest BCUT2D eigenvalue weighted by atomic mass is 9.99. The molecule has 1 amide bonds. The van der Waals surface area contributed by atoms with Crippen molar-refractivity contribution in [2.45, 2.75) is 26.3 Å². The second-order valence-corrected chi connectivity index (χ2v) is 5.33. The zero-order valence-corrected chi connectivity index (χ0v) is 14.6. The van der Waals surface area contributed by atoms with E-state index in [1.807, 2.05) is 13.8 Å². The molecule has 1 aromatic rings. The van der Waals surface area contributed by atoms with Gasteiger partial charge in [0, 0.05) is 6.07 Å². The maximum Gasteiger partial charge on any atom is 0.328 e. The summed E-state index contributed by atoms with van der Waals surface area (Å²) in [5.74, 6) is -0.904. The fourth-order valence-electron chi connectivity index (χ4n) is 2.05. The first-order valence-corrected chi connectivity index (χ1v) is 7.66. The quantitative estimate of drug-likeness (QED) is 0.407. The van der Waals surface area contributed by atoms with E-state index in [1.165, 1.54) is 32.4 Å². The Hall–Kier alpha value is -2.84. The molecule has 0 unspecified atom stereocenters. The molecule has 138 valence electrons. The highest BCUT2D eigenvalue weighted by atomic mass is 16.6.